The van der Waals surface area contributed by atoms with Crippen molar-refractivity contribution in [2.45, 2.75) is 32.2 Å². The lowest BCUT2D eigenvalue weighted by atomic mass is 9.95. The second-order valence-electron chi connectivity index (χ2n) is 7.40. The number of nitrogens with zero attached hydrogens (tertiary/aromatic N) is 1. The summed E-state index contributed by atoms with van der Waals surface area (Å²) >= 11 is 0. The normalized spacial score (nSPS) is 22.5. The molecule has 2 fully saturated rings. The third-order valence-corrected chi connectivity index (χ3v) is 5.64. The molecular formula is C22H23NO5. The number of amides is 1. The van der Waals surface area contributed by atoms with Gasteiger partial charge in [0.15, 0.2) is 11.5 Å². The standard InChI is InChI=1S/C22H23NO5/c1-14(24)15-5-7-16(8-6-15)20-9-10-21(28-20)22(26)23-11-12-27-13-18(23)17-3-2-4-19(17)25/h5-10,17-18H,2-4,11-13H2,1H3. The zero-order chi connectivity index (χ0) is 19.7. The number of morpholine rings is 1. The molecule has 6 nitrogen and oxygen atoms in total. The lowest BCUT2D eigenvalue weighted by molar-refractivity contribution is -0.124. The maximum absolute atomic E-state index is 13.1. The lowest BCUT2D eigenvalue weighted by Gasteiger charge is -2.38. The minimum Gasteiger partial charge on any atom is -0.451 e. The van der Waals surface area contributed by atoms with Crippen LogP contribution in [-0.4, -0.2) is 48.2 Å². The summed E-state index contributed by atoms with van der Waals surface area (Å²) in [4.78, 5) is 38.4. The first-order chi connectivity index (χ1) is 13.5. The molecule has 1 amide bonds. The lowest BCUT2D eigenvalue weighted by Crippen LogP contribution is -2.53. The Hall–Kier alpha value is -2.73. The van der Waals surface area contributed by atoms with Crippen LogP contribution < -0.4 is 0 Å². The largest absolute Gasteiger partial charge is 0.451 e. The summed E-state index contributed by atoms with van der Waals surface area (Å²) in [5.41, 5.74) is 1.43. The SMILES string of the molecule is CC(=O)c1ccc(-c2ccc(C(=O)N3CCOCC3C3CCCC3=O)o2)cc1. The molecule has 2 aromatic rings. The van der Waals surface area contributed by atoms with Crippen molar-refractivity contribution in [2.75, 3.05) is 19.8 Å². The highest BCUT2D eigenvalue weighted by Crippen LogP contribution is 2.31. The molecule has 1 saturated heterocycles. The average molecular weight is 381 g/mol. The summed E-state index contributed by atoms with van der Waals surface area (Å²) in [5, 5.41) is 0. The predicted octanol–water partition coefficient (Wildman–Crippen LogP) is 3.36. The van der Waals surface area contributed by atoms with Crippen molar-refractivity contribution in [2.24, 2.45) is 5.92 Å². The molecule has 0 bridgehead atoms. The third kappa shape index (κ3) is 3.52. The van der Waals surface area contributed by atoms with Gasteiger partial charge in [0, 0.05) is 30.0 Å². The van der Waals surface area contributed by atoms with Gasteiger partial charge in [0.25, 0.3) is 5.91 Å². The molecule has 6 heteroatoms. The first-order valence-electron chi connectivity index (χ1n) is 9.67. The van der Waals surface area contributed by atoms with E-state index in [0.717, 1.165) is 18.4 Å². The van der Waals surface area contributed by atoms with Gasteiger partial charge >= 0.3 is 0 Å². The van der Waals surface area contributed by atoms with E-state index >= 15 is 0 Å². The molecule has 2 atom stereocenters. The summed E-state index contributed by atoms with van der Waals surface area (Å²) in [6.07, 6.45) is 2.27. The van der Waals surface area contributed by atoms with E-state index in [1.807, 2.05) is 0 Å². The number of furan rings is 1. The van der Waals surface area contributed by atoms with Crippen LogP contribution in [0.2, 0.25) is 0 Å². The minimum atomic E-state index is -0.223. The molecule has 1 aliphatic carbocycles. The molecule has 1 aliphatic heterocycles. The van der Waals surface area contributed by atoms with Gasteiger partial charge in [0.2, 0.25) is 0 Å². The van der Waals surface area contributed by atoms with Crippen molar-refractivity contribution in [1.82, 2.24) is 4.90 Å². The van der Waals surface area contributed by atoms with Gasteiger partial charge in [-0.1, -0.05) is 24.3 Å². The van der Waals surface area contributed by atoms with E-state index in [2.05, 4.69) is 0 Å². The molecule has 1 saturated carbocycles. The van der Waals surface area contributed by atoms with E-state index in [4.69, 9.17) is 9.15 Å². The van der Waals surface area contributed by atoms with Gasteiger partial charge in [-0.3, -0.25) is 14.4 Å². The van der Waals surface area contributed by atoms with Gasteiger partial charge in [-0.25, -0.2) is 0 Å². The van der Waals surface area contributed by atoms with Crippen LogP contribution in [0, 0.1) is 5.92 Å². The Morgan fingerprint density at radius 2 is 1.89 bits per heavy atom. The Kier molecular flexibility index (Phi) is 5.13. The Morgan fingerprint density at radius 3 is 2.57 bits per heavy atom. The molecule has 2 heterocycles. The summed E-state index contributed by atoms with van der Waals surface area (Å²) in [6.45, 7) is 2.83. The van der Waals surface area contributed by atoms with Crippen molar-refractivity contribution >= 4 is 17.5 Å². The van der Waals surface area contributed by atoms with E-state index in [0.29, 0.717) is 37.5 Å². The van der Waals surface area contributed by atoms with Crippen LogP contribution in [0.15, 0.2) is 40.8 Å². The molecule has 1 aromatic carbocycles. The molecule has 4 rings (SSSR count). The van der Waals surface area contributed by atoms with Crippen molar-refractivity contribution in [3.63, 3.8) is 0 Å². The van der Waals surface area contributed by atoms with Gasteiger partial charge in [-0.2, -0.15) is 0 Å². The molecule has 2 unspecified atom stereocenters. The van der Waals surface area contributed by atoms with Gasteiger partial charge < -0.3 is 14.1 Å². The van der Waals surface area contributed by atoms with E-state index < -0.39 is 0 Å². The van der Waals surface area contributed by atoms with Crippen LogP contribution in [0.1, 0.15) is 47.1 Å². The van der Waals surface area contributed by atoms with Gasteiger partial charge in [-0.15, -0.1) is 0 Å². The Bertz CT molecular complexity index is 898. The Balaban J connectivity index is 1.54. The third-order valence-electron chi connectivity index (χ3n) is 5.64. The molecule has 28 heavy (non-hydrogen) atoms. The summed E-state index contributed by atoms with van der Waals surface area (Å²) in [5.74, 6) is 0.696. The number of carbonyl (C=O) groups excluding carboxylic acids is 3. The predicted molar refractivity (Wildman–Crippen MR) is 102 cm³/mol. The van der Waals surface area contributed by atoms with E-state index in [1.165, 1.54) is 6.92 Å². The van der Waals surface area contributed by atoms with Crippen LogP contribution in [0.3, 0.4) is 0 Å². The first-order valence-corrected chi connectivity index (χ1v) is 9.67. The molecule has 1 aromatic heterocycles. The fraction of sp³-hybridized carbons (Fsp3) is 0.409. The van der Waals surface area contributed by atoms with Crippen LogP contribution in [-0.2, 0) is 9.53 Å². The maximum atomic E-state index is 13.1. The summed E-state index contributed by atoms with van der Waals surface area (Å²) in [7, 11) is 0. The number of rotatable bonds is 4. The highest BCUT2D eigenvalue weighted by molar-refractivity contribution is 5.95. The maximum Gasteiger partial charge on any atom is 0.290 e. The van der Waals surface area contributed by atoms with Gasteiger partial charge in [0.05, 0.1) is 19.3 Å². The second-order valence-corrected chi connectivity index (χ2v) is 7.40. The monoisotopic (exact) mass is 381 g/mol. The topological polar surface area (TPSA) is 76.8 Å². The minimum absolute atomic E-state index is 0.00156. The number of carbonyl (C=O) groups is 3. The highest BCUT2D eigenvalue weighted by atomic mass is 16.5. The van der Waals surface area contributed by atoms with E-state index in [1.54, 1.807) is 41.3 Å². The van der Waals surface area contributed by atoms with Gasteiger partial charge in [0.1, 0.15) is 11.5 Å². The number of hydrogen-bond donors (Lipinski definition) is 0. The Morgan fingerprint density at radius 1 is 1.11 bits per heavy atom. The molecular weight excluding hydrogens is 358 g/mol. The highest BCUT2D eigenvalue weighted by Gasteiger charge is 2.40. The van der Waals surface area contributed by atoms with Crippen LogP contribution in [0.4, 0.5) is 0 Å². The number of benzene rings is 1. The summed E-state index contributed by atoms with van der Waals surface area (Å²) in [6, 6.07) is 10.3. The zero-order valence-corrected chi connectivity index (χ0v) is 15.8. The zero-order valence-electron chi connectivity index (χ0n) is 15.8. The molecule has 146 valence electrons. The number of ether oxygens (including phenoxy) is 1. The van der Waals surface area contributed by atoms with Crippen molar-refractivity contribution < 1.29 is 23.5 Å². The van der Waals surface area contributed by atoms with Crippen LogP contribution in [0.5, 0.6) is 0 Å². The van der Waals surface area contributed by atoms with E-state index in [-0.39, 0.29) is 35.2 Å². The number of ketones is 2. The molecule has 0 N–H and O–H groups in total. The van der Waals surface area contributed by atoms with Crippen LogP contribution >= 0.6 is 0 Å². The quantitative estimate of drug-likeness (QED) is 0.759. The van der Waals surface area contributed by atoms with Crippen molar-refractivity contribution in [3.8, 4) is 11.3 Å². The smallest absolute Gasteiger partial charge is 0.290 e. The summed E-state index contributed by atoms with van der Waals surface area (Å²) < 4.78 is 11.4. The first kappa shape index (κ1) is 18.6. The van der Waals surface area contributed by atoms with Crippen molar-refractivity contribution in [1.29, 1.82) is 0 Å². The fourth-order valence-electron chi connectivity index (χ4n) is 4.08. The fourth-order valence-corrected chi connectivity index (χ4v) is 4.08. The van der Waals surface area contributed by atoms with E-state index in [9.17, 15) is 14.4 Å². The van der Waals surface area contributed by atoms with Crippen LogP contribution in [0.25, 0.3) is 11.3 Å². The van der Waals surface area contributed by atoms with Crippen molar-refractivity contribution in [3.05, 3.63) is 47.7 Å². The molecule has 0 spiro atoms. The average Bonchev–Trinajstić information content (AvgIpc) is 3.37. The number of hydrogen-bond acceptors (Lipinski definition) is 5. The second kappa shape index (κ2) is 7.72. The molecule has 0 radical (unpaired) electrons. The Labute approximate surface area is 163 Å². The van der Waals surface area contributed by atoms with Gasteiger partial charge in [-0.05, 0) is 31.9 Å². The molecule has 2 aliphatic rings. The number of Topliss-reactive ketones (excluding diaryl/α,β-unsaturated/α-hetero) is 2.